The minimum Gasteiger partial charge on any atom is -0.444 e. The van der Waals surface area contributed by atoms with Gasteiger partial charge in [0.15, 0.2) is 0 Å². The molecule has 2 aliphatic heterocycles. The van der Waals surface area contributed by atoms with Crippen LogP contribution in [0.2, 0.25) is 0 Å². The van der Waals surface area contributed by atoms with Crippen molar-refractivity contribution >= 4 is 29.2 Å². The van der Waals surface area contributed by atoms with Gasteiger partial charge in [0.25, 0.3) is 5.91 Å². The summed E-state index contributed by atoms with van der Waals surface area (Å²) >= 11 is 0. The quantitative estimate of drug-likeness (QED) is 0.407. The van der Waals surface area contributed by atoms with E-state index in [1.165, 1.54) is 16.7 Å². The lowest BCUT2D eigenvalue weighted by Crippen LogP contribution is -2.51. The number of nitrogens with one attached hydrogen (secondary N) is 2. The van der Waals surface area contributed by atoms with Crippen molar-refractivity contribution in [3.63, 3.8) is 0 Å². The number of anilines is 3. The third-order valence-electron chi connectivity index (χ3n) is 7.51. The fourth-order valence-electron chi connectivity index (χ4n) is 5.16. The van der Waals surface area contributed by atoms with Gasteiger partial charge in [-0.05, 0) is 64.2 Å². The normalized spacial score (nSPS) is 20.5. The van der Waals surface area contributed by atoms with Crippen molar-refractivity contribution in [1.82, 2.24) is 14.8 Å². The van der Waals surface area contributed by atoms with Crippen LogP contribution in [0.15, 0.2) is 36.5 Å². The summed E-state index contributed by atoms with van der Waals surface area (Å²) in [7, 11) is 1.79. The highest BCUT2D eigenvalue weighted by Crippen LogP contribution is 2.26. The molecule has 41 heavy (non-hydrogen) atoms. The van der Waals surface area contributed by atoms with E-state index in [0.29, 0.717) is 30.6 Å². The lowest BCUT2D eigenvalue weighted by Gasteiger charge is -2.36. The Kier molecular flexibility index (Phi) is 10.0. The van der Waals surface area contributed by atoms with E-state index in [-0.39, 0.29) is 12.1 Å². The van der Waals surface area contributed by atoms with Crippen molar-refractivity contribution in [2.24, 2.45) is 5.73 Å². The summed E-state index contributed by atoms with van der Waals surface area (Å²) in [5, 5.41) is 6.39. The van der Waals surface area contributed by atoms with Gasteiger partial charge in [-0.15, -0.1) is 0 Å². The van der Waals surface area contributed by atoms with Crippen LogP contribution in [0.4, 0.5) is 26.4 Å². The maximum atomic E-state index is 15.1. The second kappa shape index (κ2) is 13.5. The number of rotatable bonds is 9. The summed E-state index contributed by atoms with van der Waals surface area (Å²) in [4.78, 5) is 32.6. The molecule has 11 heteroatoms. The van der Waals surface area contributed by atoms with Gasteiger partial charge in [0.2, 0.25) is 0 Å². The molecule has 3 heterocycles. The molecule has 2 aromatic rings. The number of ether oxygens (including phenoxy) is 2. The lowest BCUT2D eigenvalue weighted by molar-refractivity contribution is 0.0125. The Hall–Kier alpha value is -3.44. The third-order valence-corrected chi connectivity index (χ3v) is 7.51. The number of primary amides is 1. The highest BCUT2D eigenvalue weighted by Gasteiger charge is 2.34. The molecular formula is C30H43FN6O4. The van der Waals surface area contributed by atoms with Gasteiger partial charge in [0.1, 0.15) is 17.6 Å². The monoisotopic (exact) mass is 570 g/mol. The molecule has 10 nitrogen and oxygen atoms in total. The zero-order valence-corrected chi connectivity index (χ0v) is 24.5. The van der Waals surface area contributed by atoms with Crippen LogP contribution in [0.5, 0.6) is 0 Å². The number of alkyl halides is 1. The average molecular weight is 571 g/mol. The van der Waals surface area contributed by atoms with E-state index < -0.39 is 29.8 Å². The number of carbonyl (C=O) groups is 2. The number of aromatic nitrogens is 1. The molecule has 2 atom stereocenters. The standard InChI is InChI=1S/C30H43FN6O4/c1-30(2,3)41-29(39)37-16-12-25(24(31)19-37)35-26-17-27(33-18-23(26)28(32)38)34-21-7-5-20(6-8-21)9-13-36-14-10-22(40-4)11-15-36/h5-8,17-18,22,24-25H,9-16,19H2,1-4H3,(H2,32,38)(H2,33,34,35)/t24-,25+/m0/s1. The number of pyridine rings is 1. The van der Waals surface area contributed by atoms with E-state index >= 15 is 4.39 Å². The van der Waals surface area contributed by atoms with E-state index in [0.717, 1.165) is 44.6 Å². The summed E-state index contributed by atoms with van der Waals surface area (Å²) in [5.74, 6) is -0.170. The van der Waals surface area contributed by atoms with Gasteiger partial charge in [0.05, 0.1) is 29.9 Å². The molecule has 0 radical (unpaired) electrons. The number of hydrogen-bond acceptors (Lipinski definition) is 8. The van der Waals surface area contributed by atoms with Crippen LogP contribution in [-0.4, -0.2) is 90.5 Å². The Bertz CT molecular complexity index is 1180. The first-order chi connectivity index (χ1) is 19.5. The number of carbonyl (C=O) groups excluding carboxylic acids is 2. The number of nitrogens with two attached hydrogens (primary N) is 1. The lowest BCUT2D eigenvalue weighted by atomic mass is 10.0. The molecule has 2 aliphatic rings. The van der Waals surface area contributed by atoms with Gasteiger partial charge in [-0.3, -0.25) is 4.79 Å². The molecular weight excluding hydrogens is 527 g/mol. The molecule has 0 spiro atoms. The molecule has 4 rings (SSSR count). The van der Waals surface area contributed by atoms with Crippen molar-refractivity contribution < 1.29 is 23.5 Å². The maximum absolute atomic E-state index is 15.1. The number of halogens is 1. The van der Waals surface area contributed by atoms with Crippen LogP contribution < -0.4 is 16.4 Å². The summed E-state index contributed by atoms with van der Waals surface area (Å²) in [6, 6.07) is 9.22. The van der Waals surface area contributed by atoms with E-state index in [2.05, 4.69) is 32.7 Å². The summed E-state index contributed by atoms with van der Waals surface area (Å²) in [6.07, 6.45) is 3.34. The smallest absolute Gasteiger partial charge is 0.410 e. The second-order valence-electron chi connectivity index (χ2n) is 11.8. The number of likely N-dealkylation sites (tertiary alicyclic amines) is 2. The highest BCUT2D eigenvalue weighted by atomic mass is 19.1. The fourth-order valence-corrected chi connectivity index (χ4v) is 5.16. The molecule has 0 saturated carbocycles. The predicted molar refractivity (Wildman–Crippen MR) is 157 cm³/mol. The number of piperidine rings is 2. The maximum Gasteiger partial charge on any atom is 0.410 e. The van der Waals surface area contributed by atoms with Crippen molar-refractivity contribution in [2.45, 2.75) is 70.4 Å². The highest BCUT2D eigenvalue weighted by molar-refractivity contribution is 5.98. The van der Waals surface area contributed by atoms with Crippen molar-refractivity contribution in [1.29, 1.82) is 0 Å². The van der Waals surface area contributed by atoms with E-state index in [1.54, 1.807) is 33.9 Å². The van der Waals surface area contributed by atoms with E-state index in [4.69, 9.17) is 15.2 Å². The van der Waals surface area contributed by atoms with Gasteiger partial charge >= 0.3 is 6.09 Å². The molecule has 224 valence electrons. The van der Waals surface area contributed by atoms with Crippen LogP contribution in [0.1, 0.15) is 56.0 Å². The molecule has 1 aromatic carbocycles. The number of amides is 2. The second-order valence-corrected chi connectivity index (χ2v) is 11.8. The van der Waals surface area contributed by atoms with Gasteiger partial charge in [-0.2, -0.15) is 0 Å². The topological polar surface area (TPSA) is 122 Å². The Labute approximate surface area is 241 Å². The van der Waals surface area contributed by atoms with Crippen LogP contribution in [0, 0.1) is 0 Å². The van der Waals surface area contributed by atoms with Crippen LogP contribution in [-0.2, 0) is 15.9 Å². The zero-order valence-electron chi connectivity index (χ0n) is 24.5. The van der Waals surface area contributed by atoms with Gasteiger partial charge in [0, 0.05) is 51.2 Å². The van der Waals surface area contributed by atoms with Crippen LogP contribution in [0.25, 0.3) is 0 Å². The predicted octanol–water partition coefficient (Wildman–Crippen LogP) is 4.34. The number of nitrogens with zero attached hydrogens (tertiary/aromatic N) is 3. The zero-order chi connectivity index (χ0) is 29.6. The number of hydrogen-bond donors (Lipinski definition) is 3. The SMILES string of the molecule is COC1CCN(CCc2ccc(Nc3cc(N[C@@H]4CCN(C(=O)OC(C)(C)C)C[C@@H]4F)c(C(N)=O)cn3)cc2)CC1. The minimum absolute atomic E-state index is 0.105. The summed E-state index contributed by atoms with van der Waals surface area (Å²) < 4.78 is 26.0. The van der Waals surface area contributed by atoms with E-state index in [9.17, 15) is 9.59 Å². The van der Waals surface area contributed by atoms with Gasteiger partial charge in [-0.25, -0.2) is 14.2 Å². The first-order valence-corrected chi connectivity index (χ1v) is 14.3. The molecule has 2 saturated heterocycles. The molecule has 0 unspecified atom stereocenters. The van der Waals surface area contributed by atoms with Crippen LogP contribution in [0.3, 0.4) is 0 Å². The minimum atomic E-state index is -1.36. The molecule has 2 fully saturated rings. The van der Waals surface area contributed by atoms with E-state index in [1.807, 2.05) is 12.1 Å². The summed E-state index contributed by atoms with van der Waals surface area (Å²) in [6.45, 7) is 8.68. The Balaban J connectivity index is 1.34. The molecule has 0 bridgehead atoms. The number of methoxy groups -OCH3 is 1. The van der Waals surface area contributed by atoms with Crippen molar-refractivity contribution in [2.75, 3.05) is 50.5 Å². The molecule has 2 amide bonds. The van der Waals surface area contributed by atoms with Crippen molar-refractivity contribution in [3.05, 3.63) is 47.7 Å². The van der Waals surface area contributed by atoms with Crippen LogP contribution >= 0.6 is 0 Å². The summed E-state index contributed by atoms with van der Waals surface area (Å²) in [5.41, 5.74) is 7.57. The van der Waals surface area contributed by atoms with Gasteiger partial charge < -0.3 is 35.6 Å². The largest absolute Gasteiger partial charge is 0.444 e. The van der Waals surface area contributed by atoms with Gasteiger partial charge in [-0.1, -0.05) is 12.1 Å². The van der Waals surface area contributed by atoms with Crippen molar-refractivity contribution in [3.8, 4) is 0 Å². The Morgan fingerprint density at radius 3 is 2.44 bits per heavy atom. The average Bonchev–Trinajstić information content (AvgIpc) is 2.93. The third kappa shape index (κ3) is 8.77. The molecule has 4 N–H and O–H groups in total. The first-order valence-electron chi connectivity index (χ1n) is 14.3. The Morgan fingerprint density at radius 1 is 1.12 bits per heavy atom. The number of benzene rings is 1. The molecule has 0 aliphatic carbocycles. The molecule has 1 aromatic heterocycles. The fraction of sp³-hybridized carbons (Fsp3) is 0.567. The first kappa shape index (κ1) is 30.5. The Morgan fingerprint density at radius 2 is 1.83 bits per heavy atom.